The quantitative estimate of drug-likeness (QED) is 0.183. The topological polar surface area (TPSA) is 93.6 Å². The number of pyridine rings is 1. The Kier molecular flexibility index (Phi) is 9.35. The highest BCUT2D eigenvalue weighted by atomic mass is 35.5. The number of thiophene rings is 1. The molecule has 1 aromatic carbocycles. The highest BCUT2D eigenvalue weighted by Gasteiger charge is 2.46. The average molecular weight is 677 g/mol. The molecule has 47 heavy (non-hydrogen) atoms. The number of likely N-dealkylation sites (tertiary alicyclic amines) is 1. The standard InChI is InChI=1S/C36H41ClN4O5S/c1-22-39-28-9-12-36(4,40-14-11-31(44-5)35(2,3)21-40)18-26(28)29(19-42)41(22)15-16-46-30-8-7-23(37)17-25(30)24-10-13-38-32-27(34(43)45-6)20-47-33(24)32/h7-8,10,13,17,20,31H,9,11-12,14-16,18,21H2,1-6H3. The number of halogens is 1. The van der Waals surface area contributed by atoms with Crippen LogP contribution in [0.25, 0.3) is 21.3 Å². The first-order valence-corrected chi connectivity index (χ1v) is 17.2. The molecule has 0 N–H and O–H groups in total. The van der Waals surface area contributed by atoms with Gasteiger partial charge >= 0.3 is 5.97 Å². The van der Waals surface area contributed by atoms with Crippen molar-refractivity contribution in [2.24, 2.45) is 10.4 Å². The van der Waals surface area contributed by atoms with Gasteiger partial charge in [-0.1, -0.05) is 25.4 Å². The Morgan fingerprint density at radius 2 is 2.00 bits per heavy atom. The van der Waals surface area contributed by atoms with Crippen LogP contribution in [-0.2, 0) is 14.3 Å². The van der Waals surface area contributed by atoms with Crippen LogP contribution in [0.15, 0.2) is 57.8 Å². The number of carbonyl (C=O) groups is 1. The number of methoxy groups -OCH3 is 2. The summed E-state index contributed by atoms with van der Waals surface area (Å²) >= 11 is 7.87. The molecule has 1 aliphatic carbocycles. The van der Waals surface area contributed by atoms with Gasteiger partial charge in [-0.2, -0.15) is 0 Å². The second-order valence-electron chi connectivity index (χ2n) is 13.4. The van der Waals surface area contributed by atoms with Crippen molar-refractivity contribution in [1.82, 2.24) is 14.8 Å². The normalized spacial score (nSPS) is 23.0. The Labute approximate surface area is 284 Å². The van der Waals surface area contributed by atoms with E-state index in [1.165, 1.54) is 18.4 Å². The fraction of sp³-hybridized carbons (Fsp3) is 0.472. The second-order valence-corrected chi connectivity index (χ2v) is 14.8. The molecule has 6 rings (SSSR count). The molecule has 2 aliphatic heterocycles. The van der Waals surface area contributed by atoms with E-state index in [0.717, 1.165) is 71.7 Å². The lowest BCUT2D eigenvalue weighted by atomic mass is 9.74. The van der Waals surface area contributed by atoms with Gasteiger partial charge in [0.15, 0.2) is 5.94 Å². The van der Waals surface area contributed by atoms with Gasteiger partial charge in [-0.25, -0.2) is 14.6 Å². The molecule has 248 valence electrons. The summed E-state index contributed by atoms with van der Waals surface area (Å²) in [5, 5.41) is 2.31. The number of piperidine rings is 1. The van der Waals surface area contributed by atoms with Crippen LogP contribution in [0.5, 0.6) is 5.75 Å². The van der Waals surface area contributed by atoms with Gasteiger partial charge in [0.05, 0.1) is 35.5 Å². The zero-order valence-corrected chi connectivity index (χ0v) is 29.4. The summed E-state index contributed by atoms with van der Waals surface area (Å²) in [6.07, 6.45) is 5.43. The Hall–Kier alpha value is -3.53. The van der Waals surface area contributed by atoms with Crippen molar-refractivity contribution in [2.75, 3.05) is 40.5 Å². The third kappa shape index (κ3) is 6.25. The van der Waals surface area contributed by atoms with Crippen LogP contribution in [0.4, 0.5) is 0 Å². The minimum atomic E-state index is -0.433. The second kappa shape index (κ2) is 13.2. The van der Waals surface area contributed by atoms with Crippen molar-refractivity contribution in [3.05, 3.63) is 63.4 Å². The summed E-state index contributed by atoms with van der Waals surface area (Å²) in [6.45, 7) is 11.4. The predicted molar refractivity (Wildman–Crippen MR) is 186 cm³/mol. The number of benzene rings is 1. The maximum atomic E-state index is 12.6. The Morgan fingerprint density at radius 1 is 1.19 bits per heavy atom. The summed E-state index contributed by atoms with van der Waals surface area (Å²) in [5.41, 5.74) is 5.09. The van der Waals surface area contributed by atoms with E-state index >= 15 is 0 Å². The van der Waals surface area contributed by atoms with E-state index in [9.17, 15) is 9.59 Å². The number of aliphatic imine (C=N–C) groups is 1. The van der Waals surface area contributed by atoms with Crippen LogP contribution >= 0.6 is 22.9 Å². The molecule has 3 aliphatic rings. The Morgan fingerprint density at radius 3 is 2.72 bits per heavy atom. The summed E-state index contributed by atoms with van der Waals surface area (Å²) in [5.74, 6) is 3.24. The number of nitrogens with zero attached hydrogens (tertiary/aromatic N) is 4. The molecule has 9 nitrogen and oxygen atoms in total. The average Bonchev–Trinajstić information content (AvgIpc) is 3.49. The van der Waals surface area contributed by atoms with Gasteiger partial charge in [0.2, 0.25) is 0 Å². The Balaban J connectivity index is 1.21. The van der Waals surface area contributed by atoms with Gasteiger partial charge in [0.1, 0.15) is 23.9 Å². The van der Waals surface area contributed by atoms with Crippen molar-refractivity contribution in [1.29, 1.82) is 0 Å². The molecule has 4 heterocycles. The zero-order chi connectivity index (χ0) is 33.5. The Bertz CT molecular complexity index is 1830. The number of hydrogen-bond donors (Lipinski definition) is 0. The third-order valence-electron chi connectivity index (χ3n) is 9.99. The zero-order valence-electron chi connectivity index (χ0n) is 27.8. The molecule has 0 radical (unpaired) electrons. The minimum Gasteiger partial charge on any atom is -0.491 e. The van der Waals surface area contributed by atoms with E-state index in [-0.39, 0.29) is 23.7 Å². The highest BCUT2D eigenvalue weighted by Crippen LogP contribution is 2.45. The van der Waals surface area contributed by atoms with Crippen molar-refractivity contribution >= 4 is 50.9 Å². The predicted octanol–water partition coefficient (Wildman–Crippen LogP) is 7.18. The molecule has 2 unspecified atom stereocenters. The maximum Gasteiger partial charge on any atom is 0.340 e. The van der Waals surface area contributed by atoms with Gasteiger partial charge in [-0.15, -0.1) is 11.3 Å². The fourth-order valence-electron chi connectivity index (χ4n) is 7.41. The van der Waals surface area contributed by atoms with E-state index < -0.39 is 5.97 Å². The lowest BCUT2D eigenvalue weighted by Crippen LogP contribution is -2.58. The summed E-state index contributed by atoms with van der Waals surface area (Å²) in [4.78, 5) is 38.9. The number of allylic oxidation sites excluding steroid dienone is 2. The van der Waals surface area contributed by atoms with E-state index in [0.29, 0.717) is 34.1 Å². The van der Waals surface area contributed by atoms with Crippen molar-refractivity contribution in [3.8, 4) is 16.9 Å². The molecule has 2 atom stereocenters. The number of aromatic nitrogens is 1. The van der Waals surface area contributed by atoms with Gasteiger partial charge in [0.25, 0.3) is 0 Å². The van der Waals surface area contributed by atoms with E-state index in [1.54, 1.807) is 24.8 Å². The number of carbonyl (C=O) groups excluding carboxylic acids is 2. The van der Waals surface area contributed by atoms with Crippen LogP contribution in [0.3, 0.4) is 0 Å². The van der Waals surface area contributed by atoms with Crippen LogP contribution in [0, 0.1) is 5.41 Å². The van der Waals surface area contributed by atoms with Crippen LogP contribution in [0.1, 0.15) is 63.7 Å². The smallest absolute Gasteiger partial charge is 0.340 e. The fourth-order valence-corrected chi connectivity index (χ4v) is 8.61. The molecule has 0 amide bonds. The third-order valence-corrected chi connectivity index (χ3v) is 11.2. The first kappa shape index (κ1) is 33.4. The molecular weight excluding hydrogens is 636 g/mol. The molecule has 1 saturated heterocycles. The lowest BCUT2D eigenvalue weighted by Gasteiger charge is -2.53. The summed E-state index contributed by atoms with van der Waals surface area (Å²) in [7, 11) is 3.16. The van der Waals surface area contributed by atoms with Crippen molar-refractivity contribution in [2.45, 2.75) is 65.0 Å². The van der Waals surface area contributed by atoms with Crippen LogP contribution < -0.4 is 4.74 Å². The van der Waals surface area contributed by atoms with Gasteiger partial charge in [-0.3, -0.25) is 9.88 Å². The number of hydrogen-bond acceptors (Lipinski definition) is 10. The lowest BCUT2D eigenvalue weighted by molar-refractivity contribution is -0.0812. The first-order chi connectivity index (χ1) is 22.5. The minimum absolute atomic E-state index is 0.0361. The van der Waals surface area contributed by atoms with Crippen LogP contribution in [-0.4, -0.2) is 84.6 Å². The maximum absolute atomic E-state index is 12.6. The van der Waals surface area contributed by atoms with Gasteiger partial charge < -0.3 is 19.1 Å². The molecule has 0 spiro atoms. The monoisotopic (exact) mass is 676 g/mol. The van der Waals surface area contributed by atoms with Gasteiger partial charge in [-0.05, 0) is 63.8 Å². The van der Waals surface area contributed by atoms with E-state index in [4.69, 9.17) is 30.8 Å². The van der Waals surface area contributed by atoms with Crippen LogP contribution in [0.2, 0.25) is 5.02 Å². The van der Waals surface area contributed by atoms with Gasteiger partial charge in [0, 0.05) is 70.1 Å². The SMILES string of the molecule is COC(=O)c1csc2c(-c3cc(Cl)ccc3OCCN3C(=C=O)C4=C(CCC(C)(N5CCC(OC)C(C)(C)C5)C4)N=C3C)ccnc12. The molecule has 2 aromatic heterocycles. The molecule has 11 heteroatoms. The molecule has 1 fully saturated rings. The molecule has 3 aromatic rings. The number of esters is 1. The summed E-state index contributed by atoms with van der Waals surface area (Å²) < 4.78 is 18.0. The first-order valence-electron chi connectivity index (χ1n) is 15.9. The highest BCUT2D eigenvalue weighted by molar-refractivity contribution is 7.18. The molecule has 0 saturated carbocycles. The van der Waals surface area contributed by atoms with E-state index in [1.807, 2.05) is 30.0 Å². The largest absolute Gasteiger partial charge is 0.491 e. The number of rotatable bonds is 8. The number of ether oxygens (including phenoxy) is 3. The molecular formula is C36H41ClN4O5S. The van der Waals surface area contributed by atoms with E-state index in [2.05, 4.69) is 36.6 Å². The molecule has 0 bridgehead atoms. The summed E-state index contributed by atoms with van der Waals surface area (Å²) in [6, 6.07) is 7.37. The van der Waals surface area contributed by atoms with Crippen molar-refractivity contribution < 1.29 is 23.8 Å². The number of fused-ring (bicyclic) bond motifs is 1. The van der Waals surface area contributed by atoms with Crippen molar-refractivity contribution in [3.63, 3.8) is 0 Å². The number of amidine groups is 1.